The molecule has 0 aliphatic heterocycles. The van der Waals surface area contributed by atoms with Crippen molar-refractivity contribution in [3.63, 3.8) is 0 Å². The lowest BCUT2D eigenvalue weighted by Crippen LogP contribution is -1.87. The van der Waals surface area contributed by atoms with Crippen molar-refractivity contribution in [3.05, 3.63) is 58.1 Å². The van der Waals surface area contributed by atoms with Crippen LogP contribution in [-0.2, 0) is 0 Å². The van der Waals surface area contributed by atoms with Gasteiger partial charge < -0.3 is 0 Å². The maximum absolute atomic E-state index is 3.57. The molecule has 0 nitrogen and oxygen atoms in total. The first kappa shape index (κ1) is 10.4. The molecule has 2 rings (SSSR count). The normalized spacial score (nSPS) is 10.3. The Hall–Kier alpha value is -1.08. The Morgan fingerprint density at radius 3 is 2.20 bits per heavy atom. The number of benzene rings is 2. The highest BCUT2D eigenvalue weighted by molar-refractivity contribution is 9.10. The van der Waals surface area contributed by atoms with Crippen LogP contribution in [0.3, 0.4) is 0 Å². The van der Waals surface area contributed by atoms with Crippen LogP contribution >= 0.6 is 15.9 Å². The Bertz CT molecular complexity index is 486. The van der Waals surface area contributed by atoms with Gasteiger partial charge in [0.2, 0.25) is 0 Å². The largest absolute Gasteiger partial charge is 0.0620 e. The fourth-order valence-corrected chi connectivity index (χ4v) is 2.14. The molecule has 0 atom stereocenters. The molecule has 0 aliphatic rings. The minimum atomic E-state index is 1.17. The van der Waals surface area contributed by atoms with E-state index in [1.54, 1.807) is 0 Å². The van der Waals surface area contributed by atoms with Gasteiger partial charge in [0, 0.05) is 4.47 Å². The first-order valence-electron chi connectivity index (χ1n) is 5.01. The molecule has 1 heteroatoms. The average Bonchev–Trinajstić information content (AvgIpc) is 2.23. The zero-order valence-electron chi connectivity index (χ0n) is 8.92. The Kier molecular flexibility index (Phi) is 2.92. The summed E-state index contributed by atoms with van der Waals surface area (Å²) in [6.45, 7) is 4.29. The van der Waals surface area contributed by atoms with Crippen molar-refractivity contribution < 1.29 is 0 Å². The highest BCUT2D eigenvalue weighted by Gasteiger charge is 2.05. The van der Waals surface area contributed by atoms with Crippen LogP contribution < -0.4 is 0 Å². The van der Waals surface area contributed by atoms with Crippen molar-refractivity contribution in [1.29, 1.82) is 0 Å². The lowest BCUT2D eigenvalue weighted by molar-refractivity contribution is 1.39. The second kappa shape index (κ2) is 4.19. The second-order valence-corrected chi connectivity index (χ2v) is 4.58. The number of rotatable bonds is 1. The van der Waals surface area contributed by atoms with Gasteiger partial charge in [-0.05, 0) is 42.2 Å². The first-order valence-corrected chi connectivity index (χ1v) is 5.80. The van der Waals surface area contributed by atoms with Gasteiger partial charge in [0.15, 0.2) is 0 Å². The van der Waals surface area contributed by atoms with E-state index in [-0.39, 0.29) is 0 Å². The van der Waals surface area contributed by atoms with Crippen molar-refractivity contribution in [1.82, 2.24) is 0 Å². The fraction of sp³-hybridized carbons (Fsp3) is 0.143. The summed E-state index contributed by atoms with van der Waals surface area (Å²) in [7, 11) is 0. The summed E-state index contributed by atoms with van der Waals surface area (Å²) in [6, 6.07) is 14.8. The molecule has 76 valence electrons. The van der Waals surface area contributed by atoms with E-state index in [1.807, 2.05) is 0 Å². The number of halogens is 1. The van der Waals surface area contributed by atoms with E-state index in [0.717, 1.165) is 0 Å². The minimum Gasteiger partial charge on any atom is -0.0620 e. The predicted molar refractivity (Wildman–Crippen MR) is 69.1 cm³/mol. The summed E-state index contributed by atoms with van der Waals surface area (Å²) in [4.78, 5) is 0. The molecule has 2 aromatic rings. The Morgan fingerprint density at radius 2 is 1.47 bits per heavy atom. The Labute approximate surface area is 99.1 Å². The highest BCUT2D eigenvalue weighted by Crippen LogP contribution is 2.30. The van der Waals surface area contributed by atoms with Gasteiger partial charge in [-0.2, -0.15) is 0 Å². The van der Waals surface area contributed by atoms with Crippen molar-refractivity contribution in [2.24, 2.45) is 0 Å². The fourth-order valence-electron chi connectivity index (χ4n) is 1.77. The van der Waals surface area contributed by atoms with Gasteiger partial charge in [0.25, 0.3) is 0 Å². The zero-order valence-corrected chi connectivity index (χ0v) is 10.5. The molecule has 0 saturated heterocycles. The van der Waals surface area contributed by atoms with E-state index in [4.69, 9.17) is 0 Å². The Morgan fingerprint density at radius 1 is 0.800 bits per heavy atom. The molecule has 0 heterocycles. The van der Waals surface area contributed by atoms with E-state index in [2.05, 4.69) is 72.2 Å². The van der Waals surface area contributed by atoms with Crippen LogP contribution in [0.5, 0.6) is 0 Å². The Balaban J connectivity index is 2.65. The van der Waals surface area contributed by atoms with Crippen LogP contribution in [0.25, 0.3) is 11.1 Å². The molecule has 0 fully saturated rings. The van der Waals surface area contributed by atoms with Crippen LogP contribution in [0.4, 0.5) is 0 Å². The SMILES string of the molecule is Cc1ccccc1-c1cccc(Br)c1C. The van der Waals surface area contributed by atoms with Gasteiger partial charge in [-0.1, -0.05) is 52.3 Å². The third-order valence-corrected chi connectivity index (χ3v) is 3.56. The van der Waals surface area contributed by atoms with Crippen LogP contribution in [0.15, 0.2) is 46.9 Å². The molecule has 2 aromatic carbocycles. The van der Waals surface area contributed by atoms with E-state index in [9.17, 15) is 0 Å². The molecule has 0 amide bonds. The lowest BCUT2D eigenvalue weighted by Gasteiger charge is -2.10. The standard InChI is InChI=1S/C14H13Br/c1-10-6-3-4-7-12(10)13-8-5-9-14(15)11(13)2/h3-9H,1-2H3. The summed E-state index contributed by atoms with van der Waals surface area (Å²) >= 11 is 3.57. The minimum absolute atomic E-state index is 1.17. The molecular weight excluding hydrogens is 248 g/mol. The third kappa shape index (κ3) is 1.98. The number of hydrogen-bond donors (Lipinski definition) is 0. The third-order valence-electron chi connectivity index (χ3n) is 2.70. The van der Waals surface area contributed by atoms with Crippen molar-refractivity contribution >= 4 is 15.9 Å². The maximum atomic E-state index is 3.57. The van der Waals surface area contributed by atoms with Crippen LogP contribution in [0, 0.1) is 13.8 Å². The van der Waals surface area contributed by atoms with Gasteiger partial charge in [-0.3, -0.25) is 0 Å². The highest BCUT2D eigenvalue weighted by atomic mass is 79.9. The van der Waals surface area contributed by atoms with Crippen LogP contribution in [0.2, 0.25) is 0 Å². The molecule has 0 aliphatic carbocycles. The van der Waals surface area contributed by atoms with Crippen molar-refractivity contribution in [2.45, 2.75) is 13.8 Å². The molecular formula is C14H13Br. The average molecular weight is 261 g/mol. The monoisotopic (exact) mass is 260 g/mol. The number of hydrogen-bond acceptors (Lipinski definition) is 0. The van der Waals surface area contributed by atoms with Gasteiger partial charge in [0.1, 0.15) is 0 Å². The zero-order chi connectivity index (χ0) is 10.8. The van der Waals surface area contributed by atoms with Gasteiger partial charge in [-0.25, -0.2) is 0 Å². The first-order chi connectivity index (χ1) is 7.20. The van der Waals surface area contributed by atoms with E-state index < -0.39 is 0 Å². The molecule has 0 aromatic heterocycles. The molecule has 0 N–H and O–H groups in total. The summed E-state index contributed by atoms with van der Waals surface area (Å²) < 4.78 is 1.17. The molecule has 0 spiro atoms. The van der Waals surface area contributed by atoms with Crippen molar-refractivity contribution in [3.8, 4) is 11.1 Å². The second-order valence-electron chi connectivity index (χ2n) is 3.73. The van der Waals surface area contributed by atoms with E-state index in [0.29, 0.717) is 0 Å². The van der Waals surface area contributed by atoms with Crippen LogP contribution in [0.1, 0.15) is 11.1 Å². The summed E-state index contributed by atoms with van der Waals surface area (Å²) in [5.41, 5.74) is 5.24. The quantitative estimate of drug-likeness (QED) is 0.696. The molecule has 0 unspecified atom stereocenters. The van der Waals surface area contributed by atoms with Crippen molar-refractivity contribution in [2.75, 3.05) is 0 Å². The van der Waals surface area contributed by atoms with E-state index >= 15 is 0 Å². The number of aryl methyl sites for hydroxylation is 1. The van der Waals surface area contributed by atoms with E-state index in [1.165, 1.54) is 26.7 Å². The van der Waals surface area contributed by atoms with Crippen LogP contribution in [-0.4, -0.2) is 0 Å². The van der Waals surface area contributed by atoms with Gasteiger partial charge in [-0.15, -0.1) is 0 Å². The molecule has 0 saturated carbocycles. The molecule has 0 radical (unpaired) electrons. The topological polar surface area (TPSA) is 0 Å². The molecule has 0 bridgehead atoms. The molecule has 15 heavy (non-hydrogen) atoms. The summed E-state index contributed by atoms with van der Waals surface area (Å²) in [6.07, 6.45) is 0. The summed E-state index contributed by atoms with van der Waals surface area (Å²) in [5, 5.41) is 0. The van der Waals surface area contributed by atoms with Gasteiger partial charge in [0.05, 0.1) is 0 Å². The summed E-state index contributed by atoms with van der Waals surface area (Å²) in [5.74, 6) is 0. The smallest absolute Gasteiger partial charge is 0.0210 e. The lowest BCUT2D eigenvalue weighted by atomic mass is 9.97. The maximum Gasteiger partial charge on any atom is 0.0210 e. The van der Waals surface area contributed by atoms with Gasteiger partial charge >= 0.3 is 0 Å². The predicted octanol–water partition coefficient (Wildman–Crippen LogP) is 4.73.